The summed E-state index contributed by atoms with van der Waals surface area (Å²) in [4.78, 5) is 10.9. The average Bonchev–Trinajstić information content (AvgIpc) is 2.22. The SMILES string of the molecule is CC(C)Oc1ccc(C(CN)C(=O)O)cc1F. The summed E-state index contributed by atoms with van der Waals surface area (Å²) in [5.41, 5.74) is 5.68. The molecule has 1 rings (SSSR count). The Hall–Kier alpha value is -1.62. The van der Waals surface area contributed by atoms with Crippen molar-refractivity contribution < 1.29 is 19.0 Å². The van der Waals surface area contributed by atoms with Crippen molar-refractivity contribution >= 4 is 5.97 Å². The van der Waals surface area contributed by atoms with Gasteiger partial charge in [-0.1, -0.05) is 6.07 Å². The van der Waals surface area contributed by atoms with E-state index >= 15 is 0 Å². The average molecular weight is 241 g/mol. The molecule has 0 aliphatic carbocycles. The summed E-state index contributed by atoms with van der Waals surface area (Å²) >= 11 is 0. The zero-order valence-corrected chi connectivity index (χ0v) is 9.81. The summed E-state index contributed by atoms with van der Waals surface area (Å²) in [6.45, 7) is 3.50. The zero-order chi connectivity index (χ0) is 13.0. The lowest BCUT2D eigenvalue weighted by Gasteiger charge is -2.14. The number of rotatable bonds is 5. The van der Waals surface area contributed by atoms with Crippen LogP contribution in [-0.4, -0.2) is 23.7 Å². The van der Waals surface area contributed by atoms with Crippen molar-refractivity contribution in [1.29, 1.82) is 0 Å². The number of hydrogen-bond donors (Lipinski definition) is 2. The molecule has 17 heavy (non-hydrogen) atoms. The number of ether oxygens (including phenoxy) is 1. The Morgan fingerprint density at radius 2 is 2.18 bits per heavy atom. The van der Waals surface area contributed by atoms with Crippen molar-refractivity contribution in [2.24, 2.45) is 5.73 Å². The van der Waals surface area contributed by atoms with Crippen LogP contribution in [0.4, 0.5) is 4.39 Å². The first-order valence-electron chi connectivity index (χ1n) is 5.34. The summed E-state index contributed by atoms with van der Waals surface area (Å²) in [6.07, 6.45) is -0.139. The molecule has 1 atom stereocenters. The molecule has 5 heteroatoms. The molecule has 0 saturated heterocycles. The van der Waals surface area contributed by atoms with Gasteiger partial charge in [0.1, 0.15) is 0 Å². The van der Waals surface area contributed by atoms with E-state index in [1.54, 1.807) is 13.8 Å². The summed E-state index contributed by atoms with van der Waals surface area (Å²) in [6, 6.07) is 4.10. The predicted octanol–water partition coefficient (Wildman–Crippen LogP) is 1.74. The number of halogens is 1. The molecule has 0 spiro atoms. The number of carbonyl (C=O) groups is 1. The van der Waals surface area contributed by atoms with Crippen LogP contribution in [0, 0.1) is 5.82 Å². The molecule has 0 radical (unpaired) electrons. The highest BCUT2D eigenvalue weighted by molar-refractivity contribution is 5.76. The predicted molar refractivity (Wildman–Crippen MR) is 61.6 cm³/mol. The van der Waals surface area contributed by atoms with Crippen LogP contribution >= 0.6 is 0 Å². The Balaban J connectivity index is 2.99. The van der Waals surface area contributed by atoms with Crippen molar-refractivity contribution in [3.8, 4) is 5.75 Å². The molecule has 4 nitrogen and oxygen atoms in total. The molecule has 0 aromatic heterocycles. The van der Waals surface area contributed by atoms with Crippen LogP contribution in [0.15, 0.2) is 18.2 Å². The van der Waals surface area contributed by atoms with Gasteiger partial charge in [0.05, 0.1) is 12.0 Å². The van der Waals surface area contributed by atoms with E-state index < -0.39 is 17.7 Å². The van der Waals surface area contributed by atoms with Crippen LogP contribution in [0.5, 0.6) is 5.75 Å². The van der Waals surface area contributed by atoms with Gasteiger partial charge in [-0.3, -0.25) is 4.79 Å². The molecule has 0 heterocycles. The van der Waals surface area contributed by atoms with Crippen molar-refractivity contribution in [3.05, 3.63) is 29.6 Å². The van der Waals surface area contributed by atoms with Crippen LogP contribution in [0.25, 0.3) is 0 Å². The van der Waals surface area contributed by atoms with E-state index in [-0.39, 0.29) is 18.4 Å². The molecular weight excluding hydrogens is 225 g/mol. The highest BCUT2D eigenvalue weighted by Gasteiger charge is 2.19. The fourth-order valence-corrected chi connectivity index (χ4v) is 1.46. The van der Waals surface area contributed by atoms with Gasteiger partial charge in [0.2, 0.25) is 0 Å². The molecular formula is C12H16FNO3. The lowest BCUT2D eigenvalue weighted by molar-refractivity contribution is -0.138. The summed E-state index contributed by atoms with van der Waals surface area (Å²) in [5.74, 6) is -2.41. The molecule has 0 aliphatic heterocycles. The Morgan fingerprint density at radius 3 is 2.59 bits per heavy atom. The minimum absolute atomic E-state index is 0.0703. The van der Waals surface area contributed by atoms with Crippen molar-refractivity contribution in [2.45, 2.75) is 25.9 Å². The smallest absolute Gasteiger partial charge is 0.312 e. The van der Waals surface area contributed by atoms with Gasteiger partial charge in [-0.15, -0.1) is 0 Å². The van der Waals surface area contributed by atoms with Crippen LogP contribution in [0.2, 0.25) is 0 Å². The third kappa shape index (κ3) is 3.42. The Labute approximate surface area is 99.2 Å². The topological polar surface area (TPSA) is 72.5 Å². The number of carboxylic acids is 1. The molecule has 94 valence electrons. The van der Waals surface area contributed by atoms with Gasteiger partial charge in [-0.2, -0.15) is 0 Å². The quantitative estimate of drug-likeness (QED) is 0.823. The molecule has 1 aromatic rings. The first-order chi connectivity index (χ1) is 7.95. The molecule has 0 bridgehead atoms. The normalized spacial score (nSPS) is 12.5. The monoisotopic (exact) mass is 241 g/mol. The molecule has 0 fully saturated rings. The second-order valence-electron chi connectivity index (χ2n) is 3.98. The van der Waals surface area contributed by atoms with Gasteiger partial charge in [-0.25, -0.2) is 4.39 Å². The highest BCUT2D eigenvalue weighted by atomic mass is 19.1. The third-order valence-electron chi connectivity index (χ3n) is 2.25. The Kier molecular flexibility index (Phi) is 4.45. The van der Waals surface area contributed by atoms with Crippen LogP contribution < -0.4 is 10.5 Å². The zero-order valence-electron chi connectivity index (χ0n) is 9.81. The largest absolute Gasteiger partial charge is 0.488 e. The molecule has 0 saturated carbocycles. The maximum Gasteiger partial charge on any atom is 0.312 e. The second kappa shape index (κ2) is 5.63. The maximum absolute atomic E-state index is 13.6. The summed E-state index contributed by atoms with van der Waals surface area (Å²) in [5, 5.41) is 8.90. The van der Waals surface area contributed by atoms with Gasteiger partial charge >= 0.3 is 5.97 Å². The van der Waals surface area contributed by atoms with Crippen LogP contribution in [-0.2, 0) is 4.79 Å². The van der Waals surface area contributed by atoms with E-state index in [2.05, 4.69) is 0 Å². The lowest BCUT2D eigenvalue weighted by Crippen LogP contribution is -2.21. The first kappa shape index (κ1) is 13.4. The lowest BCUT2D eigenvalue weighted by atomic mass is 9.99. The Morgan fingerprint density at radius 1 is 1.53 bits per heavy atom. The highest BCUT2D eigenvalue weighted by Crippen LogP contribution is 2.23. The second-order valence-corrected chi connectivity index (χ2v) is 3.98. The number of nitrogens with two attached hydrogens (primary N) is 1. The number of benzene rings is 1. The van der Waals surface area contributed by atoms with Crippen molar-refractivity contribution in [3.63, 3.8) is 0 Å². The van der Waals surface area contributed by atoms with Gasteiger partial charge in [0.25, 0.3) is 0 Å². The van der Waals surface area contributed by atoms with E-state index in [0.29, 0.717) is 5.56 Å². The minimum Gasteiger partial charge on any atom is -0.488 e. The van der Waals surface area contributed by atoms with Crippen LogP contribution in [0.3, 0.4) is 0 Å². The van der Waals surface area contributed by atoms with Crippen LogP contribution in [0.1, 0.15) is 25.3 Å². The third-order valence-corrected chi connectivity index (χ3v) is 2.25. The van der Waals surface area contributed by atoms with E-state index in [9.17, 15) is 9.18 Å². The van der Waals surface area contributed by atoms with Crippen molar-refractivity contribution in [1.82, 2.24) is 0 Å². The molecule has 3 N–H and O–H groups in total. The number of aliphatic carboxylic acids is 1. The fourth-order valence-electron chi connectivity index (χ4n) is 1.46. The molecule has 0 amide bonds. The van der Waals surface area contributed by atoms with E-state index in [1.165, 1.54) is 12.1 Å². The molecule has 0 aliphatic rings. The van der Waals surface area contributed by atoms with Gasteiger partial charge in [-0.05, 0) is 31.5 Å². The van der Waals surface area contributed by atoms with Crippen molar-refractivity contribution in [2.75, 3.05) is 6.54 Å². The first-order valence-corrected chi connectivity index (χ1v) is 5.34. The van der Waals surface area contributed by atoms with E-state index in [0.717, 1.165) is 6.07 Å². The molecule has 1 unspecified atom stereocenters. The Bertz CT molecular complexity index is 407. The summed E-state index contributed by atoms with van der Waals surface area (Å²) < 4.78 is 18.8. The van der Waals surface area contributed by atoms with Gasteiger partial charge < -0.3 is 15.6 Å². The van der Waals surface area contributed by atoms with Gasteiger partial charge in [0, 0.05) is 6.54 Å². The minimum atomic E-state index is -1.07. The standard InChI is InChI=1S/C12H16FNO3/c1-7(2)17-11-4-3-8(5-10(11)13)9(6-14)12(15)16/h3-5,7,9H,6,14H2,1-2H3,(H,15,16). The number of carboxylic acid groups (broad SMARTS) is 1. The van der Waals surface area contributed by atoms with Gasteiger partial charge in [0.15, 0.2) is 11.6 Å². The number of hydrogen-bond acceptors (Lipinski definition) is 3. The molecule has 1 aromatic carbocycles. The van der Waals surface area contributed by atoms with E-state index in [4.69, 9.17) is 15.6 Å². The fraction of sp³-hybridized carbons (Fsp3) is 0.417. The summed E-state index contributed by atoms with van der Waals surface area (Å²) in [7, 11) is 0. The maximum atomic E-state index is 13.6. The van der Waals surface area contributed by atoms with E-state index in [1.807, 2.05) is 0 Å².